The largest absolute Gasteiger partial charge is 0.451 e. The van der Waals surface area contributed by atoms with E-state index in [1.807, 2.05) is 30.3 Å². The molecule has 0 radical (unpaired) electrons. The van der Waals surface area contributed by atoms with Crippen LogP contribution in [-0.4, -0.2) is 66.4 Å². The number of carbonyl (C=O) groups is 3. The number of nitro groups is 1. The number of nitrogens with zero attached hydrogens (tertiary/aromatic N) is 3. The molecular weight excluding hydrogens is 416 g/mol. The number of anilines is 1. The smallest absolute Gasteiger partial charge is 0.326 e. The molecule has 0 aromatic heterocycles. The summed E-state index contributed by atoms with van der Waals surface area (Å²) in [6.07, 6.45) is -0.986. The van der Waals surface area contributed by atoms with Crippen molar-refractivity contribution in [3.63, 3.8) is 0 Å². The van der Waals surface area contributed by atoms with Crippen LogP contribution >= 0.6 is 0 Å². The maximum absolute atomic E-state index is 12.6. The van der Waals surface area contributed by atoms with E-state index in [1.165, 1.54) is 25.1 Å². The number of hydrogen-bond acceptors (Lipinski definition) is 7. The first kappa shape index (κ1) is 22.7. The number of benzene rings is 2. The third-order valence-corrected chi connectivity index (χ3v) is 5.08. The van der Waals surface area contributed by atoms with Crippen molar-refractivity contribution in [1.29, 1.82) is 0 Å². The molecule has 0 bridgehead atoms. The van der Waals surface area contributed by atoms with Gasteiger partial charge in [-0.3, -0.25) is 24.5 Å². The molecule has 168 valence electrons. The minimum absolute atomic E-state index is 0.0485. The Morgan fingerprint density at radius 1 is 1.06 bits per heavy atom. The van der Waals surface area contributed by atoms with E-state index in [1.54, 1.807) is 4.90 Å². The van der Waals surface area contributed by atoms with Gasteiger partial charge in [0, 0.05) is 49.6 Å². The molecule has 1 heterocycles. The fraction of sp³-hybridized carbons (Fsp3) is 0.318. The normalized spacial score (nSPS) is 14.4. The molecule has 1 fully saturated rings. The van der Waals surface area contributed by atoms with Gasteiger partial charge >= 0.3 is 5.97 Å². The Hall–Kier alpha value is -3.95. The highest BCUT2D eigenvalue weighted by molar-refractivity contribution is 5.96. The Morgan fingerprint density at radius 2 is 1.75 bits per heavy atom. The van der Waals surface area contributed by atoms with Crippen molar-refractivity contribution in [3.8, 4) is 0 Å². The molecule has 3 rings (SSSR count). The third kappa shape index (κ3) is 5.81. The van der Waals surface area contributed by atoms with Crippen LogP contribution in [0, 0.1) is 10.1 Å². The van der Waals surface area contributed by atoms with Gasteiger partial charge in [-0.15, -0.1) is 0 Å². The van der Waals surface area contributed by atoms with Crippen LogP contribution in [0.25, 0.3) is 0 Å². The molecule has 2 aromatic rings. The molecule has 1 unspecified atom stereocenters. The highest BCUT2D eigenvalue weighted by Crippen LogP contribution is 2.16. The number of ether oxygens (including phenoxy) is 1. The monoisotopic (exact) mass is 440 g/mol. The van der Waals surface area contributed by atoms with E-state index in [0.29, 0.717) is 26.2 Å². The van der Waals surface area contributed by atoms with E-state index < -0.39 is 29.4 Å². The Bertz CT molecular complexity index is 989. The highest BCUT2D eigenvalue weighted by atomic mass is 16.6. The Labute approximate surface area is 184 Å². The molecule has 0 spiro atoms. The average Bonchev–Trinajstić information content (AvgIpc) is 2.82. The van der Waals surface area contributed by atoms with E-state index in [-0.39, 0.29) is 17.2 Å². The molecule has 2 aromatic carbocycles. The molecule has 0 saturated carbocycles. The number of nitro benzene ring substituents is 1. The minimum atomic E-state index is -0.986. The molecule has 10 nitrogen and oxygen atoms in total. The first-order valence-corrected chi connectivity index (χ1v) is 10.2. The van der Waals surface area contributed by atoms with E-state index in [2.05, 4.69) is 10.2 Å². The molecule has 1 aliphatic heterocycles. The van der Waals surface area contributed by atoms with Crippen molar-refractivity contribution in [3.05, 3.63) is 70.3 Å². The molecule has 2 amide bonds. The fourth-order valence-corrected chi connectivity index (χ4v) is 3.39. The van der Waals surface area contributed by atoms with Crippen molar-refractivity contribution in [2.45, 2.75) is 13.0 Å². The lowest BCUT2D eigenvalue weighted by Gasteiger charge is -2.37. The zero-order valence-corrected chi connectivity index (χ0v) is 17.6. The van der Waals surface area contributed by atoms with Crippen LogP contribution in [0.1, 0.15) is 17.3 Å². The van der Waals surface area contributed by atoms with Gasteiger partial charge in [-0.05, 0) is 25.1 Å². The lowest BCUT2D eigenvalue weighted by Crippen LogP contribution is -2.52. The summed E-state index contributed by atoms with van der Waals surface area (Å²) in [5.41, 5.74) is 0.915. The molecule has 1 N–H and O–H groups in total. The summed E-state index contributed by atoms with van der Waals surface area (Å²) in [7, 11) is 0. The number of nitrogens with one attached hydrogen (secondary N) is 1. The zero-order valence-electron chi connectivity index (χ0n) is 17.6. The Morgan fingerprint density at radius 3 is 2.41 bits per heavy atom. The van der Waals surface area contributed by atoms with Gasteiger partial charge in [0.1, 0.15) is 6.54 Å². The second kappa shape index (κ2) is 10.4. The predicted molar refractivity (Wildman–Crippen MR) is 116 cm³/mol. The number of para-hydroxylation sites is 1. The van der Waals surface area contributed by atoms with Crippen LogP contribution in [-0.2, 0) is 14.3 Å². The summed E-state index contributed by atoms with van der Waals surface area (Å²) >= 11 is 0. The second-order valence-corrected chi connectivity index (χ2v) is 7.27. The van der Waals surface area contributed by atoms with E-state index >= 15 is 0 Å². The maximum atomic E-state index is 12.6. The quantitative estimate of drug-likeness (QED) is 0.394. The van der Waals surface area contributed by atoms with Crippen LogP contribution in [0.3, 0.4) is 0 Å². The van der Waals surface area contributed by atoms with Crippen LogP contribution in [0.15, 0.2) is 54.6 Å². The summed E-state index contributed by atoms with van der Waals surface area (Å²) in [5, 5.41) is 13.2. The van der Waals surface area contributed by atoms with Crippen molar-refractivity contribution in [1.82, 2.24) is 10.2 Å². The molecule has 0 aliphatic carbocycles. The number of amides is 2. The third-order valence-electron chi connectivity index (χ3n) is 5.08. The molecule has 32 heavy (non-hydrogen) atoms. The van der Waals surface area contributed by atoms with Crippen LogP contribution in [0.5, 0.6) is 0 Å². The fourth-order valence-electron chi connectivity index (χ4n) is 3.39. The van der Waals surface area contributed by atoms with Crippen LogP contribution < -0.4 is 10.2 Å². The molecule has 1 atom stereocenters. The van der Waals surface area contributed by atoms with Crippen molar-refractivity contribution in [2.24, 2.45) is 0 Å². The summed E-state index contributed by atoms with van der Waals surface area (Å²) < 4.78 is 5.16. The summed E-state index contributed by atoms with van der Waals surface area (Å²) in [6, 6.07) is 15.1. The Kier molecular flexibility index (Phi) is 7.37. The number of rotatable bonds is 7. The summed E-state index contributed by atoms with van der Waals surface area (Å²) in [4.78, 5) is 50.8. The molecule has 10 heteroatoms. The van der Waals surface area contributed by atoms with Gasteiger partial charge in [-0.2, -0.15) is 0 Å². The van der Waals surface area contributed by atoms with Gasteiger partial charge in [-0.1, -0.05) is 24.3 Å². The van der Waals surface area contributed by atoms with Crippen LogP contribution in [0.4, 0.5) is 11.4 Å². The van der Waals surface area contributed by atoms with Crippen molar-refractivity contribution in [2.75, 3.05) is 37.6 Å². The lowest BCUT2D eigenvalue weighted by atomic mass is 10.2. The first-order valence-electron chi connectivity index (χ1n) is 10.2. The van der Waals surface area contributed by atoms with E-state index in [0.717, 1.165) is 11.8 Å². The number of esters is 1. The number of carbonyl (C=O) groups excluding carboxylic acids is 3. The number of hydrogen-bond donors (Lipinski definition) is 1. The summed E-state index contributed by atoms with van der Waals surface area (Å²) in [6.45, 7) is 3.41. The van der Waals surface area contributed by atoms with Gasteiger partial charge in [0.05, 0.1) is 4.92 Å². The van der Waals surface area contributed by atoms with Gasteiger partial charge < -0.3 is 19.9 Å². The zero-order chi connectivity index (χ0) is 23.1. The van der Waals surface area contributed by atoms with Gasteiger partial charge in [0.2, 0.25) is 0 Å². The maximum Gasteiger partial charge on any atom is 0.326 e. The van der Waals surface area contributed by atoms with Gasteiger partial charge in [0.15, 0.2) is 6.10 Å². The number of piperazine rings is 1. The topological polar surface area (TPSA) is 122 Å². The molecule has 1 saturated heterocycles. The predicted octanol–water partition coefficient (Wildman–Crippen LogP) is 1.61. The molecular formula is C22H24N4O6. The first-order chi connectivity index (χ1) is 15.3. The lowest BCUT2D eigenvalue weighted by molar-refractivity contribution is -0.384. The second-order valence-electron chi connectivity index (χ2n) is 7.27. The molecule has 1 aliphatic rings. The highest BCUT2D eigenvalue weighted by Gasteiger charge is 2.27. The van der Waals surface area contributed by atoms with Gasteiger partial charge in [0.25, 0.3) is 17.5 Å². The Balaban J connectivity index is 1.44. The van der Waals surface area contributed by atoms with E-state index in [9.17, 15) is 24.5 Å². The van der Waals surface area contributed by atoms with Gasteiger partial charge in [-0.25, -0.2) is 0 Å². The minimum Gasteiger partial charge on any atom is -0.451 e. The van der Waals surface area contributed by atoms with Crippen LogP contribution in [0.2, 0.25) is 0 Å². The van der Waals surface area contributed by atoms with Crippen molar-refractivity contribution < 1.29 is 24.0 Å². The number of non-ortho nitro benzene ring substituents is 1. The standard InChI is InChI=1S/C22H24N4O6/c1-16(22(29)25-12-10-24(11-13-25)18-7-3-2-4-8-18)32-20(27)15-23-21(28)17-6-5-9-19(14-17)26(30)31/h2-9,14,16H,10-13,15H2,1H3,(H,23,28). The summed E-state index contributed by atoms with van der Waals surface area (Å²) in [5.74, 6) is -1.72. The van der Waals surface area contributed by atoms with E-state index in [4.69, 9.17) is 4.74 Å². The van der Waals surface area contributed by atoms with Crippen molar-refractivity contribution >= 4 is 29.2 Å². The SMILES string of the molecule is CC(OC(=O)CNC(=O)c1cccc([N+](=O)[O-])c1)C(=O)N1CCN(c2ccccc2)CC1. The average molecular weight is 440 g/mol.